The molecule has 0 unspecified atom stereocenters. The van der Waals surface area contributed by atoms with Crippen molar-refractivity contribution in [1.29, 1.82) is 0 Å². The van der Waals surface area contributed by atoms with Crippen LogP contribution in [0.3, 0.4) is 0 Å². The van der Waals surface area contributed by atoms with Crippen LogP contribution < -0.4 is 4.72 Å². The highest BCUT2D eigenvalue weighted by atomic mass is 35.5. The first-order valence-corrected chi connectivity index (χ1v) is 11.8. The Bertz CT molecular complexity index is 1340. The van der Waals surface area contributed by atoms with Crippen molar-refractivity contribution >= 4 is 55.7 Å². The number of benzene rings is 3. The van der Waals surface area contributed by atoms with Gasteiger partial charge in [0.15, 0.2) is 0 Å². The van der Waals surface area contributed by atoms with Crippen LogP contribution in [0.25, 0.3) is 11.0 Å². The van der Waals surface area contributed by atoms with Gasteiger partial charge >= 0.3 is 0 Å². The number of fused-ring (bicyclic) bond motifs is 1. The van der Waals surface area contributed by atoms with Gasteiger partial charge in [-0.2, -0.15) is 8.42 Å². The summed E-state index contributed by atoms with van der Waals surface area (Å²) in [5, 5.41) is 11.7. The molecular weight excluding hydrogens is 460 g/mol. The number of halogens is 1. The van der Waals surface area contributed by atoms with Crippen LogP contribution in [0.1, 0.15) is 5.56 Å². The number of thioether (sulfide) groups is 1. The summed E-state index contributed by atoms with van der Waals surface area (Å²) >= 11 is 7.47. The van der Waals surface area contributed by atoms with Crippen LogP contribution in [-0.2, 0) is 15.8 Å². The normalized spacial score (nSPS) is 11.5. The first-order valence-electron chi connectivity index (χ1n) is 8.99. The van der Waals surface area contributed by atoms with E-state index in [4.69, 9.17) is 16.0 Å². The summed E-state index contributed by atoms with van der Waals surface area (Å²) in [6, 6.07) is 19.6. The lowest BCUT2D eigenvalue weighted by Gasteiger charge is -2.12. The zero-order valence-electron chi connectivity index (χ0n) is 15.8. The number of hydrogen-bond acceptors (Lipinski definition) is 6. The Kier molecular flexibility index (Phi) is 5.90. The number of nitro benzene ring substituents is 1. The quantitative estimate of drug-likeness (QED) is 0.197. The number of nitrogens with one attached hydrogen (secondary N) is 1. The molecule has 0 aliphatic rings. The zero-order chi connectivity index (χ0) is 22.0. The fourth-order valence-corrected chi connectivity index (χ4v) is 5.09. The van der Waals surface area contributed by atoms with E-state index in [1.165, 1.54) is 36.0 Å². The predicted octanol–water partition coefficient (Wildman–Crippen LogP) is 6.09. The molecule has 3 aromatic carbocycles. The summed E-state index contributed by atoms with van der Waals surface area (Å²) in [5.74, 6) is 0.485. The van der Waals surface area contributed by atoms with Crippen molar-refractivity contribution in [3.05, 3.63) is 93.5 Å². The Morgan fingerprint density at radius 1 is 1.03 bits per heavy atom. The predicted molar refractivity (Wildman–Crippen MR) is 121 cm³/mol. The topological polar surface area (TPSA) is 102 Å². The molecule has 1 N–H and O–H groups in total. The molecule has 1 aromatic heterocycles. The average molecular weight is 475 g/mol. The van der Waals surface area contributed by atoms with Crippen molar-refractivity contribution in [1.82, 2.24) is 0 Å². The van der Waals surface area contributed by atoms with E-state index in [2.05, 4.69) is 4.72 Å². The van der Waals surface area contributed by atoms with E-state index < -0.39 is 14.9 Å². The van der Waals surface area contributed by atoms with E-state index in [-0.39, 0.29) is 10.8 Å². The average Bonchev–Trinajstić information content (AvgIpc) is 3.19. The Hall–Kier alpha value is -3.01. The molecule has 1 heterocycles. The minimum atomic E-state index is -3.98. The van der Waals surface area contributed by atoms with E-state index in [1.807, 2.05) is 0 Å². The molecule has 31 heavy (non-hydrogen) atoms. The third-order valence-electron chi connectivity index (χ3n) is 4.40. The van der Waals surface area contributed by atoms with Gasteiger partial charge < -0.3 is 4.42 Å². The van der Waals surface area contributed by atoms with Gasteiger partial charge in [0.25, 0.3) is 15.7 Å². The van der Waals surface area contributed by atoms with Gasteiger partial charge in [0, 0.05) is 39.3 Å². The molecule has 7 nitrogen and oxygen atoms in total. The van der Waals surface area contributed by atoms with E-state index >= 15 is 0 Å². The molecule has 10 heteroatoms. The number of sulfonamides is 1. The van der Waals surface area contributed by atoms with Gasteiger partial charge in [0.05, 0.1) is 10.6 Å². The second kappa shape index (κ2) is 8.62. The number of furan rings is 1. The van der Waals surface area contributed by atoms with E-state index in [0.29, 0.717) is 32.3 Å². The minimum Gasteiger partial charge on any atom is -0.443 e. The lowest BCUT2D eigenvalue weighted by molar-refractivity contribution is -0.384. The monoisotopic (exact) mass is 474 g/mol. The van der Waals surface area contributed by atoms with Gasteiger partial charge in [0.1, 0.15) is 5.58 Å². The second-order valence-corrected chi connectivity index (χ2v) is 9.63. The Morgan fingerprint density at radius 3 is 2.48 bits per heavy atom. The van der Waals surface area contributed by atoms with Crippen molar-refractivity contribution in [3.63, 3.8) is 0 Å². The summed E-state index contributed by atoms with van der Waals surface area (Å²) in [5.41, 5.74) is 1.66. The first-order chi connectivity index (χ1) is 14.8. The van der Waals surface area contributed by atoms with Crippen LogP contribution in [0.15, 0.2) is 87.2 Å². The largest absolute Gasteiger partial charge is 0.443 e. The number of para-hydroxylation sites is 1. The third kappa shape index (κ3) is 4.84. The fraction of sp³-hybridized carbons (Fsp3) is 0.0476. The van der Waals surface area contributed by atoms with Crippen molar-refractivity contribution in [2.24, 2.45) is 0 Å². The minimum absolute atomic E-state index is 0.0135. The maximum Gasteiger partial charge on any atom is 0.295 e. The zero-order valence-corrected chi connectivity index (χ0v) is 18.2. The smallest absolute Gasteiger partial charge is 0.295 e. The molecule has 0 aliphatic carbocycles. The highest BCUT2D eigenvalue weighted by Crippen LogP contribution is 2.34. The standard InChI is InChI=1S/C21H15ClN2O5S2/c22-16-7-10-20(30-13-14-5-8-17(9-6-14)24(25)26)18(12-16)23-31(27,28)21-11-15-3-1-2-4-19(15)29-21/h1-12,23H,13H2. The highest BCUT2D eigenvalue weighted by molar-refractivity contribution is 7.98. The SMILES string of the molecule is O=[N+]([O-])c1ccc(CSc2ccc(Cl)cc2NS(=O)(=O)c2cc3ccccc3o2)cc1. The van der Waals surface area contributed by atoms with Crippen LogP contribution in [0.5, 0.6) is 0 Å². The first kappa shape index (κ1) is 21.2. The van der Waals surface area contributed by atoms with Crippen LogP contribution in [0, 0.1) is 10.1 Å². The molecule has 0 aliphatic heterocycles. The van der Waals surface area contributed by atoms with Gasteiger partial charge in [-0.1, -0.05) is 41.9 Å². The summed E-state index contributed by atoms with van der Waals surface area (Å²) < 4.78 is 33.8. The molecule has 4 aromatic rings. The molecule has 0 saturated carbocycles. The molecule has 0 saturated heterocycles. The van der Waals surface area contributed by atoms with E-state index in [0.717, 1.165) is 5.56 Å². The number of rotatable bonds is 7. The Morgan fingerprint density at radius 2 is 1.77 bits per heavy atom. The summed E-state index contributed by atoms with van der Waals surface area (Å²) in [7, 11) is -3.98. The molecular formula is C21H15ClN2O5S2. The van der Waals surface area contributed by atoms with Gasteiger partial charge in [-0.3, -0.25) is 14.8 Å². The molecule has 0 fully saturated rings. The van der Waals surface area contributed by atoms with Crippen LogP contribution in [-0.4, -0.2) is 13.3 Å². The van der Waals surface area contributed by atoms with Gasteiger partial charge in [-0.05, 0) is 29.8 Å². The summed E-state index contributed by atoms with van der Waals surface area (Å²) in [6.07, 6.45) is 0. The molecule has 0 bridgehead atoms. The molecule has 0 amide bonds. The maximum atomic E-state index is 12.9. The molecule has 158 valence electrons. The van der Waals surface area contributed by atoms with Crippen molar-refractivity contribution in [2.75, 3.05) is 4.72 Å². The maximum absolute atomic E-state index is 12.9. The van der Waals surface area contributed by atoms with Crippen molar-refractivity contribution in [3.8, 4) is 0 Å². The number of hydrogen-bond donors (Lipinski definition) is 1. The molecule has 0 radical (unpaired) electrons. The highest BCUT2D eigenvalue weighted by Gasteiger charge is 2.21. The van der Waals surface area contributed by atoms with E-state index in [1.54, 1.807) is 48.5 Å². The number of anilines is 1. The molecule has 0 spiro atoms. The van der Waals surface area contributed by atoms with Gasteiger partial charge in [-0.15, -0.1) is 11.8 Å². The Labute approximate surface area is 187 Å². The summed E-state index contributed by atoms with van der Waals surface area (Å²) in [6.45, 7) is 0. The molecule has 4 rings (SSSR count). The number of nitro groups is 1. The number of non-ortho nitro benzene ring substituents is 1. The van der Waals surface area contributed by atoms with Gasteiger partial charge in [0.2, 0.25) is 5.09 Å². The van der Waals surface area contributed by atoms with Crippen LogP contribution >= 0.6 is 23.4 Å². The lowest BCUT2D eigenvalue weighted by atomic mass is 10.2. The van der Waals surface area contributed by atoms with Crippen LogP contribution in [0.4, 0.5) is 11.4 Å². The third-order valence-corrected chi connectivity index (χ3v) is 6.99. The molecule has 0 atom stereocenters. The van der Waals surface area contributed by atoms with Crippen molar-refractivity contribution in [2.45, 2.75) is 15.7 Å². The Balaban J connectivity index is 1.56. The van der Waals surface area contributed by atoms with Gasteiger partial charge in [-0.25, -0.2) is 0 Å². The summed E-state index contributed by atoms with van der Waals surface area (Å²) in [4.78, 5) is 11.0. The lowest BCUT2D eigenvalue weighted by Crippen LogP contribution is -2.12. The second-order valence-electron chi connectivity index (χ2n) is 6.56. The van der Waals surface area contributed by atoms with Crippen molar-refractivity contribution < 1.29 is 17.8 Å². The number of nitrogens with zero attached hydrogens (tertiary/aromatic N) is 1. The van der Waals surface area contributed by atoms with E-state index in [9.17, 15) is 18.5 Å². The fourth-order valence-electron chi connectivity index (χ4n) is 2.87. The van der Waals surface area contributed by atoms with Crippen LogP contribution in [0.2, 0.25) is 5.02 Å².